The van der Waals surface area contributed by atoms with Crippen molar-refractivity contribution in [2.24, 2.45) is 5.92 Å². The number of amides is 1. The maximum absolute atomic E-state index is 12.9. The van der Waals surface area contributed by atoms with E-state index in [4.69, 9.17) is 9.47 Å². The highest BCUT2D eigenvalue weighted by atomic mass is 16.5. The fourth-order valence-electron chi connectivity index (χ4n) is 4.03. The maximum Gasteiger partial charge on any atom is 0.226 e. The van der Waals surface area contributed by atoms with E-state index >= 15 is 0 Å². The van der Waals surface area contributed by atoms with Gasteiger partial charge in [-0.15, -0.1) is 0 Å². The Hall–Kier alpha value is -1.71. The lowest BCUT2D eigenvalue weighted by Crippen LogP contribution is -2.42. The van der Waals surface area contributed by atoms with Gasteiger partial charge in [-0.25, -0.2) is 0 Å². The van der Waals surface area contributed by atoms with Gasteiger partial charge in [-0.2, -0.15) is 0 Å². The van der Waals surface area contributed by atoms with Crippen molar-refractivity contribution in [3.63, 3.8) is 0 Å². The normalized spacial score (nSPS) is 21.7. The van der Waals surface area contributed by atoms with Crippen molar-refractivity contribution in [3.05, 3.63) is 23.3 Å². The van der Waals surface area contributed by atoms with Gasteiger partial charge < -0.3 is 14.4 Å². The standard InChI is InChI=1S/C19H27NO3/c1-13-16-12-18(23-3)17(22-2)11-15(16)9-10-20(13)19(21)14-7-5-4-6-8-14/h11-14H,4-10H2,1-3H3. The number of carbonyl (C=O) groups excluding carboxylic acids is 1. The molecule has 1 aliphatic heterocycles. The first-order valence-electron chi connectivity index (χ1n) is 8.71. The molecule has 23 heavy (non-hydrogen) atoms. The van der Waals surface area contributed by atoms with Crippen molar-refractivity contribution in [1.82, 2.24) is 4.90 Å². The van der Waals surface area contributed by atoms with Gasteiger partial charge in [-0.1, -0.05) is 19.3 Å². The molecule has 0 N–H and O–H groups in total. The molecule has 0 aromatic heterocycles. The molecule has 0 bridgehead atoms. The van der Waals surface area contributed by atoms with Crippen LogP contribution in [0, 0.1) is 5.92 Å². The molecule has 3 rings (SSSR count). The molecule has 1 aliphatic carbocycles. The minimum atomic E-state index is 0.105. The fraction of sp³-hybridized carbons (Fsp3) is 0.632. The number of hydrogen-bond acceptors (Lipinski definition) is 3. The second-order valence-electron chi connectivity index (χ2n) is 6.70. The molecule has 1 aromatic rings. The summed E-state index contributed by atoms with van der Waals surface area (Å²) in [7, 11) is 3.32. The molecule has 2 aliphatic rings. The Morgan fingerprint density at radius 2 is 1.74 bits per heavy atom. The topological polar surface area (TPSA) is 38.8 Å². The molecule has 1 saturated carbocycles. The van der Waals surface area contributed by atoms with E-state index in [2.05, 4.69) is 17.9 Å². The summed E-state index contributed by atoms with van der Waals surface area (Å²) in [6.07, 6.45) is 6.67. The van der Waals surface area contributed by atoms with Gasteiger partial charge in [-0.3, -0.25) is 4.79 Å². The van der Waals surface area contributed by atoms with Crippen LogP contribution in [-0.2, 0) is 11.2 Å². The number of rotatable bonds is 3. The molecule has 1 amide bonds. The van der Waals surface area contributed by atoms with E-state index in [1.54, 1.807) is 14.2 Å². The molecule has 1 unspecified atom stereocenters. The van der Waals surface area contributed by atoms with E-state index in [-0.39, 0.29) is 12.0 Å². The van der Waals surface area contributed by atoms with Gasteiger partial charge in [-0.05, 0) is 49.4 Å². The summed E-state index contributed by atoms with van der Waals surface area (Å²) in [5.74, 6) is 2.08. The number of ether oxygens (including phenoxy) is 2. The summed E-state index contributed by atoms with van der Waals surface area (Å²) >= 11 is 0. The number of carbonyl (C=O) groups is 1. The summed E-state index contributed by atoms with van der Waals surface area (Å²) in [4.78, 5) is 15.0. The van der Waals surface area contributed by atoms with Crippen LogP contribution in [0.1, 0.15) is 56.2 Å². The Kier molecular flexibility index (Phi) is 4.79. The van der Waals surface area contributed by atoms with Gasteiger partial charge in [0.2, 0.25) is 5.91 Å². The van der Waals surface area contributed by atoms with Gasteiger partial charge in [0.1, 0.15) is 0 Å². The molecule has 1 heterocycles. The fourth-order valence-corrected chi connectivity index (χ4v) is 4.03. The van der Waals surface area contributed by atoms with Crippen molar-refractivity contribution in [3.8, 4) is 11.5 Å². The van der Waals surface area contributed by atoms with Crippen molar-refractivity contribution < 1.29 is 14.3 Å². The van der Waals surface area contributed by atoms with Gasteiger partial charge in [0.25, 0.3) is 0 Å². The summed E-state index contributed by atoms with van der Waals surface area (Å²) < 4.78 is 10.8. The molecule has 1 atom stereocenters. The lowest BCUT2D eigenvalue weighted by molar-refractivity contribution is -0.139. The molecule has 4 nitrogen and oxygen atoms in total. The van der Waals surface area contributed by atoms with E-state index < -0.39 is 0 Å². The number of fused-ring (bicyclic) bond motifs is 1. The Morgan fingerprint density at radius 3 is 2.39 bits per heavy atom. The third-order valence-corrected chi connectivity index (χ3v) is 5.42. The van der Waals surface area contributed by atoms with Crippen LogP contribution < -0.4 is 9.47 Å². The summed E-state index contributed by atoms with van der Waals surface area (Å²) in [6.45, 7) is 2.93. The molecule has 1 aromatic carbocycles. The minimum Gasteiger partial charge on any atom is -0.493 e. The average Bonchev–Trinajstić information content (AvgIpc) is 2.61. The van der Waals surface area contributed by atoms with E-state index in [0.717, 1.165) is 37.3 Å². The molecular formula is C19H27NO3. The third-order valence-electron chi connectivity index (χ3n) is 5.42. The summed E-state index contributed by atoms with van der Waals surface area (Å²) in [5, 5.41) is 0. The first-order valence-corrected chi connectivity index (χ1v) is 8.71. The predicted molar refractivity (Wildman–Crippen MR) is 90.0 cm³/mol. The SMILES string of the molecule is COc1cc2c(cc1OC)C(C)N(C(=O)C1CCCCC1)CC2. The third kappa shape index (κ3) is 3.04. The molecular weight excluding hydrogens is 290 g/mol. The smallest absolute Gasteiger partial charge is 0.226 e. The van der Waals surface area contributed by atoms with Crippen LogP contribution in [0.3, 0.4) is 0 Å². The quantitative estimate of drug-likeness (QED) is 0.852. The Bertz CT molecular complexity index is 578. The molecule has 126 valence electrons. The van der Waals surface area contributed by atoms with Crippen LogP contribution in [0.4, 0.5) is 0 Å². The highest BCUT2D eigenvalue weighted by Gasteiger charge is 2.33. The second-order valence-corrected chi connectivity index (χ2v) is 6.70. The zero-order valence-electron chi connectivity index (χ0n) is 14.4. The summed E-state index contributed by atoms with van der Waals surface area (Å²) in [5.41, 5.74) is 2.46. The van der Waals surface area contributed by atoms with Crippen LogP contribution in [-0.4, -0.2) is 31.6 Å². The molecule has 0 radical (unpaired) electrons. The lowest BCUT2D eigenvalue weighted by atomic mass is 9.86. The van der Waals surface area contributed by atoms with Gasteiger partial charge in [0, 0.05) is 12.5 Å². The van der Waals surface area contributed by atoms with Crippen LogP contribution >= 0.6 is 0 Å². The molecule has 0 saturated heterocycles. The van der Waals surface area contributed by atoms with Gasteiger partial charge in [0.15, 0.2) is 11.5 Å². The summed E-state index contributed by atoms with van der Waals surface area (Å²) in [6, 6.07) is 4.21. The van der Waals surface area contributed by atoms with Gasteiger partial charge in [0.05, 0.1) is 20.3 Å². The number of hydrogen-bond donors (Lipinski definition) is 0. The molecule has 4 heteroatoms. The van der Waals surface area contributed by atoms with Crippen molar-refractivity contribution in [2.75, 3.05) is 20.8 Å². The van der Waals surface area contributed by atoms with Crippen molar-refractivity contribution >= 4 is 5.91 Å². The predicted octanol–water partition coefficient (Wildman–Crippen LogP) is 3.73. The highest BCUT2D eigenvalue weighted by molar-refractivity contribution is 5.80. The zero-order chi connectivity index (χ0) is 16.4. The minimum absolute atomic E-state index is 0.105. The highest BCUT2D eigenvalue weighted by Crippen LogP contribution is 2.39. The number of benzene rings is 1. The van der Waals surface area contributed by atoms with Crippen molar-refractivity contribution in [2.45, 2.75) is 51.5 Å². The van der Waals surface area contributed by atoms with E-state index in [1.165, 1.54) is 30.4 Å². The Balaban J connectivity index is 1.84. The Morgan fingerprint density at radius 1 is 1.09 bits per heavy atom. The van der Waals surface area contributed by atoms with Gasteiger partial charge >= 0.3 is 0 Å². The monoisotopic (exact) mass is 317 g/mol. The van der Waals surface area contributed by atoms with Crippen LogP contribution in [0.5, 0.6) is 11.5 Å². The molecule has 1 fully saturated rings. The zero-order valence-corrected chi connectivity index (χ0v) is 14.4. The van der Waals surface area contributed by atoms with E-state index in [9.17, 15) is 4.79 Å². The first-order chi connectivity index (χ1) is 11.2. The van der Waals surface area contributed by atoms with Crippen LogP contribution in [0.2, 0.25) is 0 Å². The molecule has 0 spiro atoms. The Labute approximate surface area is 138 Å². The van der Waals surface area contributed by atoms with Crippen LogP contribution in [0.15, 0.2) is 12.1 Å². The maximum atomic E-state index is 12.9. The van der Waals surface area contributed by atoms with Crippen molar-refractivity contribution in [1.29, 1.82) is 0 Å². The average molecular weight is 317 g/mol. The first kappa shape index (κ1) is 16.2. The van der Waals surface area contributed by atoms with Crippen LogP contribution in [0.25, 0.3) is 0 Å². The second kappa shape index (κ2) is 6.81. The lowest BCUT2D eigenvalue weighted by Gasteiger charge is -2.38. The van der Waals surface area contributed by atoms with E-state index in [1.807, 2.05) is 6.07 Å². The number of methoxy groups -OCH3 is 2. The largest absolute Gasteiger partial charge is 0.493 e. The van der Waals surface area contributed by atoms with E-state index in [0.29, 0.717) is 5.91 Å². The number of nitrogens with zero attached hydrogens (tertiary/aromatic N) is 1.